The summed E-state index contributed by atoms with van der Waals surface area (Å²) in [5, 5.41) is 18.3. The molecule has 1 unspecified atom stereocenters. The summed E-state index contributed by atoms with van der Waals surface area (Å²) in [7, 11) is 1.24. The van der Waals surface area contributed by atoms with Crippen LogP contribution in [0.25, 0.3) is 0 Å². The van der Waals surface area contributed by atoms with Crippen LogP contribution in [0.2, 0.25) is 0 Å². The van der Waals surface area contributed by atoms with Crippen LogP contribution < -0.4 is 10.5 Å². The number of aliphatic carboxylic acids is 1. The summed E-state index contributed by atoms with van der Waals surface area (Å²) in [5.74, 6) is -2.52. The molecule has 0 amide bonds. The molecule has 1 atom stereocenters. The van der Waals surface area contributed by atoms with Crippen molar-refractivity contribution < 1.29 is 24.1 Å². The average molecular weight is 243 g/mol. The van der Waals surface area contributed by atoms with Crippen molar-refractivity contribution in [2.45, 2.75) is 19.4 Å². The molecule has 1 rings (SSSR count). The third-order valence-electron chi connectivity index (χ3n) is 2.53. The van der Waals surface area contributed by atoms with Crippen LogP contribution in [0.3, 0.4) is 0 Å². The maximum absolute atomic E-state index is 13.5. The average Bonchev–Trinajstić information content (AvgIpc) is 2.26. The number of phenolic OH excluding ortho intramolecular Hbond substituents is 1. The summed E-state index contributed by atoms with van der Waals surface area (Å²) < 4.78 is 18.2. The van der Waals surface area contributed by atoms with E-state index in [0.29, 0.717) is 11.1 Å². The molecular weight excluding hydrogens is 229 g/mol. The summed E-state index contributed by atoms with van der Waals surface area (Å²) in [5.41, 5.74) is 6.06. The smallest absolute Gasteiger partial charge is 0.320 e. The summed E-state index contributed by atoms with van der Waals surface area (Å²) in [4.78, 5) is 10.6. The molecule has 0 heterocycles. The summed E-state index contributed by atoms with van der Waals surface area (Å²) >= 11 is 0. The maximum Gasteiger partial charge on any atom is 0.320 e. The van der Waals surface area contributed by atoms with E-state index in [1.807, 2.05) is 0 Å². The Kier molecular flexibility index (Phi) is 3.90. The van der Waals surface area contributed by atoms with Crippen molar-refractivity contribution in [3.63, 3.8) is 0 Å². The number of rotatable bonds is 4. The predicted octanol–water partition coefficient (Wildman–Crippen LogP) is 0.803. The van der Waals surface area contributed by atoms with Crippen LogP contribution in [0.4, 0.5) is 4.39 Å². The molecule has 0 aromatic heterocycles. The molecule has 1 aromatic rings. The molecule has 6 heteroatoms. The van der Waals surface area contributed by atoms with Crippen molar-refractivity contribution in [2.75, 3.05) is 7.11 Å². The number of halogens is 1. The van der Waals surface area contributed by atoms with Gasteiger partial charge in [-0.2, -0.15) is 0 Å². The second-order valence-electron chi connectivity index (χ2n) is 3.67. The first-order chi connectivity index (χ1) is 7.88. The fourth-order valence-electron chi connectivity index (χ4n) is 1.49. The first kappa shape index (κ1) is 13.2. The van der Waals surface area contributed by atoms with Crippen LogP contribution in [0.5, 0.6) is 11.5 Å². The Hall–Kier alpha value is -1.82. The summed E-state index contributed by atoms with van der Waals surface area (Å²) in [6, 6.07) is -0.0163. The molecule has 0 aliphatic carbocycles. The Labute approximate surface area is 97.6 Å². The van der Waals surface area contributed by atoms with Gasteiger partial charge in [0.15, 0.2) is 17.3 Å². The lowest BCUT2D eigenvalue weighted by Crippen LogP contribution is -2.32. The lowest BCUT2D eigenvalue weighted by molar-refractivity contribution is -0.138. The predicted molar refractivity (Wildman–Crippen MR) is 58.7 cm³/mol. The zero-order valence-electron chi connectivity index (χ0n) is 9.53. The number of hydrogen-bond acceptors (Lipinski definition) is 4. The minimum atomic E-state index is -1.18. The molecule has 0 bridgehead atoms. The molecular formula is C11H14FNO4. The number of aromatic hydroxyl groups is 1. The van der Waals surface area contributed by atoms with Crippen LogP contribution in [0, 0.1) is 12.7 Å². The monoisotopic (exact) mass is 243 g/mol. The van der Waals surface area contributed by atoms with E-state index in [1.54, 1.807) is 6.92 Å². The van der Waals surface area contributed by atoms with Crippen molar-refractivity contribution in [2.24, 2.45) is 5.73 Å². The molecule has 0 spiro atoms. The number of methoxy groups -OCH3 is 1. The highest BCUT2D eigenvalue weighted by atomic mass is 19.1. The quantitative estimate of drug-likeness (QED) is 0.727. The molecule has 0 fully saturated rings. The van der Waals surface area contributed by atoms with E-state index >= 15 is 0 Å². The van der Waals surface area contributed by atoms with E-state index in [2.05, 4.69) is 0 Å². The highest BCUT2D eigenvalue weighted by Gasteiger charge is 2.19. The van der Waals surface area contributed by atoms with E-state index in [4.69, 9.17) is 15.6 Å². The third kappa shape index (κ3) is 2.65. The second kappa shape index (κ2) is 5.01. The molecule has 94 valence electrons. The van der Waals surface area contributed by atoms with Crippen LogP contribution in [0.15, 0.2) is 6.07 Å². The number of hydrogen-bond donors (Lipinski definition) is 3. The van der Waals surface area contributed by atoms with Gasteiger partial charge in [-0.05, 0) is 30.5 Å². The van der Waals surface area contributed by atoms with Gasteiger partial charge in [0.1, 0.15) is 6.04 Å². The highest BCUT2D eigenvalue weighted by Crippen LogP contribution is 2.34. The van der Waals surface area contributed by atoms with E-state index in [0.717, 1.165) is 6.07 Å². The fourth-order valence-corrected chi connectivity index (χ4v) is 1.49. The van der Waals surface area contributed by atoms with Crippen LogP contribution in [0.1, 0.15) is 11.1 Å². The van der Waals surface area contributed by atoms with E-state index in [9.17, 15) is 14.3 Å². The number of benzene rings is 1. The van der Waals surface area contributed by atoms with Gasteiger partial charge >= 0.3 is 5.97 Å². The Morgan fingerprint density at radius 3 is 2.71 bits per heavy atom. The lowest BCUT2D eigenvalue weighted by Gasteiger charge is -2.13. The van der Waals surface area contributed by atoms with E-state index in [-0.39, 0.29) is 17.9 Å². The van der Waals surface area contributed by atoms with Gasteiger partial charge in [-0.15, -0.1) is 0 Å². The minimum absolute atomic E-state index is 0.0599. The van der Waals surface area contributed by atoms with Crippen molar-refractivity contribution in [3.05, 3.63) is 23.0 Å². The molecule has 0 saturated heterocycles. The Bertz CT molecular complexity index is 448. The third-order valence-corrected chi connectivity index (χ3v) is 2.53. The topological polar surface area (TPSA) is 92.8 Å². The minimum Gasteiger partial charge on any atom is -0.504 e. The van der Waals surface area contributed by atoms with Crippen molar-refractivity contribution in [1.82, 2.24) is 0 Å². The highest BCUT2D eigenvalue weighted by molar-refractivity contribution is 5.73. The first-order valence-electron chi connectivity index (χ1n) is 4.91. The van der Waals surface area contributed by atoms with Gasteiger partial charge in [-0.25, -0.2) is 4.39 Å². The molecule has 0 aliphatic rings. The van der Waals surface area contributed by atoms with Gasteiger partial charge in [0.05, 0.1) is 7.11 Å². The van der Waals surface area contributed by atoms with Gasteiger partial charge in [-0.3, -0.25) is 4.79 Å². The van der Waals surface area contributed by atoms with Gasteiger partial charge in [-0.1, -0.05) is 0 Å². The second-order valence-corrected chi connectivity index (χ2v) is 3.67. The molecule has 4 N–H and O–H groups in total. The number of carboxylic acids is 1. The van der Waals surface area contributed by atoms with Crippen LogP contribution in [-0.4, -0.2) is 29.3 Å². The first-order valence-corrected chi connectivity index (χ1v) is 4.91. The van der Waals surface area contributed by atoms with Crippen molar-refractivity contribution in [1.29, 1.82) is 0 Å². The van der Waals surface area contributed by atoms with Crippen LogP contribution in [-0.2, 0) is 11.2 Å². The number of carboxylic acid groups (broad SMARTS) is 1. The van der Waals surface area contributed by atoms with Gasteiger partial charge in [0.25, 0.3) is 0 Å². The molecule has 0 saturated carbocycles. The zero-order chi connectivity index (χ0) is 13.2. The van der Waals surface area contributed by atoms with Crippen molar-refractivity contribution in [3.8, 4) is 11.5 Å². The standard InChI is InChI=1S/C11H14FNO4/c1-5-6(4-8(13)11(15)16)3-7(12)10(17-2)9(5)14/h3,8,14H,4,13H2,1-2H3,(H,15,16). The molecule has 0 radical (unpaired) electrons. The van der Waals surface area contributed by atoms with E-state index < -0.39 is 17.8 Å². The molecule has 5 nitrogen and oxygen atoms in total. The van der Waals surface area contributed by atoms with Gasteiger partial charge in [0, 0.05) is 0 Å². The zero-order valence-corrected chi connectivity index (χ0v) is 9.53. The fraction of sp³-hybridized carbons (Fsp3) is 0.364. The normalized spacial score (nSPS) is 12.2. The van der Waals surface area contributed by atoms with Crippen LogP contribution >= 0.6 is 0 Å². The Morgan fingerprint density at radius 1 is 1.65 bits per heavy atom. The van der Waals surface area contributed by atoms with E-state index in [1.165, 1.54) is 7.11 Å². The van der Waals surface area contributed by atoms with Crippen molar-refractivity contribution >= 4 is 5.97 Å². The Balaban J connectivity index is 3.15. The molecule has 1 aromatic carbocycles. The lowest BCUT2D eigenvalue weighted by atomic mass is 10.00. The molecule has 17 heavy (non-hydrogen) atoms. The Morgan fingerprint density at radius 2 is 2.24 bits per heavy atom. The number of ether oxygens (including phenoxy) is 1. The SMILES string of the molecule is COc1c(F)cc(CC(N)C(=O)O)c(C)c1O. The van der Waals surface area contributed by atoms with Gasteiger partial charge in [0.2, 0.25) is 0 Å². The van der Waals surface area contributed by atoms with Gasteiger partial charge < -0.3 is 20.7 Å². The largest absolute Gasteiger partial charge is 0.504 e. The summed E-state index contributed by atoms with van der Waals surface area (Å²) in [6.07, 6.45) is -0.0599. The summed E-state index contributed by atoms with van der Waals surface area (Å²) in [6.45, 7) is 1.54. The molecule has 0 aliphatic heterocycles. The number of phenols is 1. The number of nitrogens with two attached hydrogens (primary N) is 1. The number of carbonyl (C=O) groups is 1. The maximum atomic E-state index is 13.5.